The van der Waals surface area contributed by atoms with E-state index in [9.17, 15) is 28.8 Å². The summed E-state index contributed by atoms with van der Waals surface area (Å²) in [7, 11) is 0. The van der Waals surface area contributed by atoms with Crippen LogP contribution in [0.4, 0.5) is 0 Å². The minimum absolute atomic E-state index is 0.0162. The van der Waals surface area contributed by atoms with Gasteiger partial charge in [-0.2, -0.15) is 0 Å². The normalized spacial score (nSPS) is 8.79. The van der Waals surface area contributed by atoms with Crippen molar-refractivity contribution in [3.8, 4) is 0 Å². The fourth-order valence-electron chi connectivity index (χ4n) is 1.39. The summed E-state index contributed by atoms with van der Waals surface area (Å²) in [5, 5.41) is 0. The third-order valence-corrected chi connectivity index (χ3v) is 2.55. The third kappa shape index (κ3) is 24.8. The van der Waals surface area contributed by atoms with Crippen molar-refractivity contribution in [1.82, 2.24) is 0 Å². The molecule has 0 aromatic heterocycles. The smallest absolute Gasteiger partial charge is 0.152 e. The number of allylic oxidation sites excluding steroid dienone is 1. The van der Waals surface area contributed by atoms with E-state index >= 15 is 0 Å². The van der Waals surface area contributed by atoms with Gasteiger partial charge >= 0.3 is 0 Å². The first-order valence-corrected chi connectivity index (χ1v) is 7.47. The number of Topliss-reactive ketones (excluding diaryl/α,β-unsaturated/α-hetero) is 5. The molecule has 0 spiro atoms. The Morgan fingerprint density at radius 1 is 0.750 bits per heavy atom. The molecule has 0 aromatic carbocycles. The highest BCUT2D eigenvalue weighted by Gasteiger charge is 2.19. The molecule has 0 amide bonds. The van der Waals surface area contributed by atoms with E-state index in [0.29, 0.717) is 12.8 Å². The summed E-state index contributed by atoms with van der Waals surface area (Å²) >= 11 is 0. The molecule has 136 valence electrons. The van der Waals surface area contributed by atoms with E-state index in [1.165, 1.54) is 47.6 Å². The Morgan fingerprint density at radius 2 is 1.08 bits per heavy atom. The van der Waals surface area contributed by atoms with Crippen LogP contribution in [0.2, 0.25) is 0 Å². The van der Waals surface area contributed by atoms with Crippen molar-refractivity contribution in [3.05, 3.63) is 12.7 Å². The lowest BCUT2D eigenvalue weighted by molar-refractivity contribution is -0.131. The van der Waals surface area contributed by atoms with Crippen LogP contribution in [0.5, 0.6) is 0 Å². The summed E-state index contributed by atoms with van der Waals surface area (Å²) in [4.78, 5) is 62.1. The monoisotopic (exact) mass is 340 g/mol. The van der Waals surface area contributed by atoms with E-state index in [1.807, 2.05) is 0 Å². The first kappa shape index (κ1) is 26.6. The largest absolute Gasteiger partial charge is 0.300 e. The Bertz CT molecular complexity index is 462. The Labute approximate surface area is 143 Å². The molecule has 0 fully saturated rings. The van der Waals surface area contributed by atoms with Gasteiger partial charge in [0.25, 0.3) is 0 Å². The second-order valence-corrected chi connectivity index (χ2v) is 5.41. The lowest BCUT2D eigenvalue weighted by atomic mass is 9.94. The maximum Gasteiger partial charge on any atom is 0.152 e. The van der Waals surface area contributed by atoms with Crippen LogP contribution in [0.15, 0.2) is 12.7 Å². The second-order valence-electron chi connectivity index (χ2n) is 5.41. The topological polar surface area (TPSA) is 102 Å². The van der Waals surface area contributed by atoms with Gasteiger partial charge in [0.05, 0.1) is 12.3 Å². The molecule has 6 heteroatoms. The summed E-state index contributed by atoms with van der Waals surface area (Å²) < 4.78 is 0. The molecule has 0 radical (unpaired) electrons. The molecule has 6 nitrogen and oxygen atoms in total. The maximum atomic E-state index is 10.9. The van der Waals surface area contributed by atoms with Crippen LogP contribution in [-0.4, -0.2) is 34.7 Å². The predicted octanol–water partition coefficient (Wildman–Crippen LogP) is 2.47. The Kier molecular flexibility index (Phi) is 17.4. The molecule has 0 saturated heterocycles. The lowest BCUT2D eigenvalue weighted by Gasteiger charge is -2.07. The SMILES string of the molecule is C=CC(C)=O.CC(=O)CC(C)=O.CC(=O)CCC(C(C)=O)C(C)=O. The molecule has 0 bridgehead atoms. The molecule has 0 rings (SSSR count). The number of carbonyl (C=O) groups is 6. The molecule has 0 saturated carbocycles. The summed E-state index contributed by atoms with van der Waals surface area (Å²) in [5.41, 5.74) is 0. The van der Waals surface area contributed by atoms with Gasteiger partial charge in [-0.25, -0.2) is 0 Å². The minimum Gasteiger partial charge on any atom is -0.300 e. The molecule has 0 aliphatic carbocycles. The zero-order chi connectivity index (χ0) is 19.9. The van der Waals surface area contributed by atoms with Crippen LogP contribution in [0.1, 0.15) is 60.8 Å². The van der Waals surface area contributed by atoms with Crippen molar-refractivity contribution >= 4 is 34.7 Å². The first-order valence-electron chi connectivity index (χ1n) is 7.47. The van der Waals surface area contributed by atoms with Crippen molar-refractivity contribution in [1.29, 1.82) is 0 Å². The van der Waals surface area contributed by atoms with E-state index in [-0.39, 0.29) is 41.1 Å². The van der Waals surface area contributed by atoms with E-state index < -0.39 is 5.92 Å². The average Bonchev–Trinajstić information content (AvgIpc) is 2.37. The van der Waals surface area contributed by atoms with Crippen molar-refractivity contribution in [3.63, 3.8) is 0 Å². The van der Waals surface area contributed by atoms with E-state index in [2.05, 4.69) is 6.58 Å². The highest BCUT2D eigenvalue weighted by molar-refractivity contribution is 6.00. The van der Waals surface area contributed by atoms with Gasteiger partial charge in [0.15, 0.2) is 5.78 Å². The van der Waals surface area contributed by atoms with Gasteiger partial charge in [-0.15, -0.1) is 0 Å². The second kappa shape index (κ2) is 15.6. The highest BCUT2D eigenvalue weighted by Crippen LogP contribution is 2.09. The van der Waals surface area contributed by atoms with Crippen LogP contribution in [0, 0.1) is 5.92 Å². The molecule has 0 N–H and O–H groups in total. The maximum absolute atomic E-state index is 10.9. The molecule has 0 heterocycles. The molecule has 0 aliphatic heterocycles. The Balaban J connectivity index is -0.000000311. The van der Waals surface area contributed by atoms with Gasteiger partial charge in [0.2, 0.25) is 0 Å². The lowest BCUT2D eigenvalue weighted by Crippen LogP contribution is -2.20. The summed E-state index contributed by atoms with van der Waals surface area (Å²) in [5.74, 6) is -0.964. The number of hydrogen-bond donors (Lipinski definition) is 0. The predicted molar refractivity (Wildman–Crippen MR) is 91.6 cm³/mol. The van der Waals surface area contributed by atoms with Crippen LogP contribution in [0.25, 0.3) is 0 Å². The molecule has 0 aliphatic rings. The van der Waals surface area contributed by atoms with E-state index in [1.54, 1.807) is 0 Å². The van der Waals surface area contributed by atoms with Gasteiger partial charge in [0.1, 0.15) is 28.9 Å². The van der Waals surface area contributed by atoms with Crippen LogP contribution < -0.4 is 0 Å². The summed E-state index contributed by atoms with van der Waals surface area (Å²) in [6.07, 6.45) is 2.03. The molecule has 0 aromatic rings. The molecular formula is C18H28O6. The average molecular weight is 340 g/mol. The van der Waals surface area contributed by atoms with Crippen molar-refractivity contribution in [2.24, 2.45) is 5.92 Å². The van der Waals surface area contributed by atoms with Crippen LogP contribution >= 0.6 is 0 Å². The number of carbonyl (C=O) groups excluding carboxylic acids is 6. The van der Waals surface area contributed by atoms with E-state index in [4.69, 9.17) is 0 Å². The number of hydrogen-bond acceptors (Lipinski definition) is 6. The third-order valence-electron chi connectivity index (χ3n) is 2.55. The fraction of sp³-hybridized carbons (Fsp3) is 0.556. The van der Waals surface area contributed by atoms with Crippen molar-refractivity contribution in [2.45, 2.75) is 60.8 Å². The van der Waals surface area contributed by atoms with Gasteiger partial charge in [-0.1, -0.05) is 6.58 Å². The Hall–Kier alpha value is -2.24. The first-order chi connectivity index (χ1) is 10.8. The van der Waals surface area contributed by atoms with Gasteiger partial charge in [0, 0.05) is 6.42 Å². The standard InChI is InChI=1S/C9H14O3.C5H8O2.C4H6O/c1-6(10)4-5-9(7(2)11)8(3)12;1-4(6)3-5(2)7;1-3-4(2)5/h9H,4-5H2,1-3H3;3H2,1-2H3;3H,1H2,2H3. The fourth-order valence-corrected chi connectivity index (χ4v) is 1.39. The molecule has 0 unspecified atom stereocenters. The summed E-state index contributed by atoms with van der Waals surface area (Å²) in [6, 6.07) is 0. The quantitative estimate of drug-likeness (QED) is 0.497. The van der Waals surface area contributed by atoms with Crippen molar-refractivity contribution in [2.75, 3.05) is 0 Å². The number of ketones is 6. The van der Waals surface area contributed by atoms with Crippen LogP contribution in [-0.2, 0) is 28.8 Å². The number of rotatable bonds is 8. The molecule has 0 atom stereocenters. The minimum atomic E-state index is -0.575. The highest BCUT2D eigenvalue weighted by atomic mass is 16.2. The van der Waals surface area contributed by atoms with Crippen LogP contribution in [0.3, 0.4) is 0 Å². The molecule has 24 heavy (non-hydrogen) atoms. The zero-order valence-corrected chi connectivity index (χ0v) is 15.4. The molecular weight excluding hydrogens is 312 g/mol. The van der Waals surface area contributed by atoms with Gasteiger partial charge in [-0.05, 0) is 54.0 Å². The van der Waals surface area contributed by atoms with Gasteiger partial charge in [-0.3, -0.25) is 24.0 Å². The van der Waals surface area contributed by atoms with E-state index in [0.717, 1.165) is 0 Å². The Morgan fingerprint density at radius 3 is 1.21 bits per heavy atom. The van der Waals surface area contributed by atoms with Crippen molar-refractivity contribution < 1.29 is 28.8 Å². The van der Waals surface area contributed by atoms with Gasteiger partial charge < -0.3 is 4.79 Å². The summed E-state index contributed by atoms with van der Waals surface area (Å²) in [6.45, 7) is 11.7. The zero-order valence-electron chi connectivity index (χ0n) is 15.4.